The first-order valence-electron chi connectivity index (χ1n) is 6.57. The van der Waals surface area contributed by atoms with Gasteiger partial charge >= 0.3 is 0 Å². The van der Waals surface area contributed by atoms with Gasteiger partial charge in [-0.15, -0.1) is 0 Å². The second kappa shape index (κ2) is 4.55. The summed E-state index contributed by atoms with van der Waals surface area (Å²) in [7, 11) is 0. The fourth-order valence-corrected chi connectivity index (χ4v) is 3.41. The fourth-order valence-electron chi connectivity index (χ4n) is 2.87. The van der Waals surface area contributed by atoms with Crippen LogP contribution in [-0.2, 0) is 6.42 Å². The highest BCUT2D eigenvalue weighted by molar-refractivity contribution is 9.10. The zero-order valence-electron chi connectivity index (χ0n) is 11.4. The summed E-state index contributed by atoms with van der Waals surface area (Å²) in [6, 6.07) is 6.70. The van der Waals surface area contributed by atoms with Crippen molar-refractivity contribution < 1.29 is 9.18 Å². The minimum absolute atomic E-state index is 0.0854. The van der Waals surface area contributed by atoms with E-state index in [0.29, 0.717) is 16.6 Å². The lowest BCUT2D eigenvalue weighted by Crippen LogP contribution is -2.27. The van der Waals surface area contributed by atoms with E-state index in [-0.39, 0.29) is 17.0 Å². The maximum Gasteiger partial charge on any atom is 0.165 e. The Balaban J connectivity index is 2.21. The van der Waals surface area contributed by atoms with Crippen LogP contribution in [0, 0.1) is 11.2 Å². The molecule has 2 aromatic rings. The molecule has 0 spiro atoms. The summed E-state index contributed by atoms with van der Waals surface area (Å²) in [5.74, 6) is -0.156. The van der Waals surface area contributed by atoms with Gasteiger partial charge in [0.05, 0.1) is 5.69 Å². The Kier molecular flexibility index (Phi) is 3.09. The van der Waals surface area contributed by atoms with E-state index in [1.54, 1.807) is 29.0 Å². The average Bonchev–Trinajstić information content (AvgIpc) is 2.71. The molecule has 3 rings (SSSR count). The van der Waals surface area contributed by atoms with Crippen LogP contribution in [0.4, 0.5) is 4.39 Å². The molecule has 0 saturated heterocycles. The second-order valence-corrected chi connectivity index (χ2v) is 6.91. The van der Waals surface area contributed by atoms with Crippen molar-refractivity contribution in [3.8, 4) is 5.69 Å². The summed E-state index contributed by atoms with van der Waals surface area (Å²) >= 11 is 3.39. The normalized spacial score (nSPS) is 17.1. The number of Topliss-reactive ketones (excluding diaryl/α,β-unsaturated/α-hetero) is 1. The van der Waals surface area contributed by atoms with Crippen molar-refractivity contribution >= 4 is 21.7 Å². The molecule has 0 radical (unpaired) electrons. The number of para-hydroxylation sites is 1. The molecule has 0 N–H and O–H groups in total. The largest absolute Gasteiger partial charge is 0.317 e. The Morgan fingerprint density at radius 2 is 2.00 bits per heavy atom. The van der Waals surface area contributed by atoms with Crippen molar-refractivity contribution in [1.82, 2.24) is 4.57 Å². The first-order chi connectivity index (χ1) is 9.39. The van der Waals surface area contributed by atoms with Crippen LogP contribution in [0.15, 0.2) is 34.9 Å². The molecular formula is C16H15BrFNO. The monoisotopic (exact) mass is 335 g/mol. The van der Waals surface area contributed by atoms with Crippen LogP contribution in [0.3, 0.4) is 0 Å². The van der Waals surface area contributed by atoms with Crippen molar-refractivity contribution in [2.24, 2.45) is 5.41 Å². The third-order valence-corrected chi connectivity index (χ3v) is 4.40. The van der Waals surface area contributed by atoms with E-state index < -0.39 is 0 Å². The predicted octanol–water partition coefficient (Wildman–Crippen LogP) is 4.53. The smallest absolute Gasteiger partial charge is 0.165 e. The molecule has 1 heterocycles. The zero-order valence-corrected chi connectivity index (χ0v) is 13.0. The van der Waals surface area contributed by atoms with Gasteiger partial charge in [-0.2, -0.15) is 0 Å². The first kappa shape index (κ1) is 13.6. The lowest BCUT2D eigenvalue weighted by molar-refractivity contribution is 0.0911. The van der Waals surface area contributed by atoms with Gasteiger partial charge in [-0.3, -0.25) is 4.79 Å². The lowest BCUT2D eigenvalue weighted by atomic mass is 9.76. The molecular weight excluding hydrogens is 321 g/mol. The number of hydrogen-bond acceptors (Lipinski definition) is 1. The molecule has 0 unspecified atom stereocenters. The number of benzene rings is 1. The molecule has 2 nitrogen and oxygen atoms in total. The van der Waals surface area contributed by atoms with Gasteiger partial charge in [0.25, 0.3) is 0 Å². The van der Waals surface area contributed by atoms with Gasteiger partial charge in [-0.05, 0) is 46.0 Å². The molecule has 1 aromatic heterocycles. The van der Waals surface area contributed by atoms with E-state index in [1.807, 2.05) is 0 Å². The maximum atomic E-state index is 14.1. The van der Waals surface area contributed by atoms with E-state index in [2.05, 4.69) is 29.8 Å². The van der Waals surface area contributed by atoms with Gasteiger partial charge in [-0.25, -0.2) is 4.39 Å². The number of carbonyl (C=O) groups is 1. The highest BCUT2D eigenvalue weighted by Gasteiger charge is 2.33. The number of nitrogens with zero attached hydrogens (tertiary/aromatic N) is 1. The molecule has 0 atom stereocenters. The maximum absolute atomic E-state index is 14.1. The van der Waals surface area contributed by atoms with Gasteiger partial charge in [0.1, 0.15) is 5.82 Å². The Labute approximate surface area is 125 Å². The molecule has 0 fully saturated rings. The molecule has 104 valence electrons. The Morgan fingerprint density at radius 3 is 2.70 bits per heavy atom. The summed E-state index contributed by atoms with van der Waals surface area (Å²) in [6.45, 7) is 4.14. The lowest BCUT2D eigenvalue weighted by Gasteiger charge is -2.29. The molecule has 0 aliphatic heterocycles. The van der Waals surface area contributed by atoms with Crippen LogP contribution in [0.25, 0.3) is 5.69 Å². The molecule has 1 aromatic carbocycles. The highest BCUT2D eigenvalue weighted by Crippen LogP contribution is 2.37. The predicted molar refractivity (Wildman–Crippen MR) is 79.9 cm³/mol. The van der Waals surface area contributed by atoms with Crippen molar-refractivity contribution in [3.05, 3.63) is 52.0 Å². The van der Waals surface area contributed by atoms with Crippen molar-refractivity contribution in [1.29, 1.82) is 0 Å². The van der Waals surface area contributed by atoms with Gasteiger partial charge in [0.15, 0.2) is 5.78 Å². The molecule has 1 aliphatic rings. The quantitative estimate of drug-likeness (QED) is 0.750. The van der Waals surface area contributed by atoms with Crippen molar-refractivity contribution in [2.75, 3.05) is 0 Å². The van der Waals surface area contributed by atoms with E-state index >= 15 is 0 Å². The number of fused-ring (bicyclic) bond motifs is 1. The number of halogens is 2. The first-order valence-corrected chi connectivity index (χ1v) is 7.36. The average molecular weight is 336 g/mol. The Bertz CT molecular complexity index is 682. The fraction of sp³-hybridized carbons (Fsp3) is 0.312. The van der Waals surface area contributed by atoms with Crippen LogP contribution >= 0.6 is 15.9 Å². The van der Waals surface area contributed by atoms with Crippen LogP contribution in [0.5, 0.6) is 0 Å². The van der Waals surface area contributed by atoms with Crippen LogP contribution < -0.4 is 0 Å². The number of carbonyl (C=O) groups excluding carboxylic acids is 1. The number of rotatable bonds is 1. The Morgan fingerprint density at radius 1 is 1.25 bits per heavy atom. The number of ketones is 1. The summed E-state index contributed by atoms with van der Waals surface area (Å²) in [4.78, 5) is 12.2. The summed E-state index contributed by atoms with van der Waals surface area (Å²) in [6.07, 6.45) is 3.09. The van der Waals surface area contributed by atoms with Gasteiger partial charge in [0, 0.05) is 28.3 Å². The molecule has 0 amide bonds. The standard InChI is InChI=1S/C16H15BrFNO/c1-16(2)8-13-10(14(20)9-16)6-7-19(13)15-11(17)4-3-5-12(15)18/h3-7H,8-9H2,1-2H3. The molecule has 1 aliphatic carbocycles. The molecule has 4 heteroatoms. The third-order valence-electron chi connectivity index (χ3n) is 3.76. The summed E-state index contributed by atoms with van der Waals surface area (Å²) in [5, 5.41) is 0. The van der Waals surface area contributed by atoms with E-state index in [1.165, 1.54) is 6.07 Å². The van der Waals surface area contributed by atoms with Gasteiger partial charge in [-0.1, -0.05) is 19.9 Å². The highest BCUT2D eigenvalue weighted by atomic mass is 79.9. The third kappa shape index (κ3) is 2.12. The zero-order chi connectivity index (χ0) is 14.5. The van der Waals surface area contributed by atoms with Crippen molar-refractivity contribution in [3.63, 3.8) is 0 Å². The summed E-state index contributed by atoms with van der Waals surface area (Å²) < 4.78 is 16.6. The van der Waals surface area contributed by atoms with Crippen molar-refractivity contribution in [2.45, 2.75) is 26.7 Å². The molecule has 0 saturated carbocycles. The van der Waals surface area contributed by atoms with E-state index in [4.69, 9.17) is 0 Å². The van der Waals surface area contributed by atoms with Gasteiger partial charge in [0.2, 0.25) is 0 Å². The number of hydrogen-bond donors (Lipinski definition) is 0. The Hall–Kier alpha value is -1.42. The molecule has 20 heavy (non-hydrogen) atoms. The second-order valence-electron chi connectivity index (χ2n) is 6.06. The van der Waals surface area contributed by atoms with Crippen LogP contribution in [0.1, 0.15) is 36.3 Å². The van der Waals surface area contributed by atoms with E-state index in [0.717, 1.165) is 17.7 Å². The number of aromatic nitrogens is 1. The minimum atomic E-state index is -0.298. The van der Waals surface area contributed by atoms with Crippen LogP contribution in [0.2, 0.25) is 0 Å². The van der Waals surface area contributed by atoms with Crippen LogP contribution in [-0.4, -0.2) is 10.4 Å². The minimum Gasteiger partial charge on any atom is -0.317 e. The SMILES string of the molecule is CC1(C)CC(=O)c2ccn(-c3c(F)cccc3Br)c2C1. The summed E-state index contributed by atoms with van der Waals surface area (Å²) in [5.41, 5.74) is 2.01. The van der Waals surface area contributed by atoms with Gasteiger partial charge < -0.3 is 4.57 Å². The topological polar surface area (TPSA) is 22.0 Å². The molecule has 0 bridgehead atoms. The van der Waals surface area contributed by atoms with E-state index in [9.17, 15) is 9.18 Å².